The monoisotopic (exact) mass is 532 g/mol. The summed E-state index contributed by atoms with van der Waals surface area (Å²) in [6.45, 7) is 5.93. The van der Waals surface area contributed by atoms with Crippen molar-refractivity contribution in [1.82, 2.24) is 10.2 Å². The van der Waals surface area contributed by atoms with Crippen molar-refractivity contribution >= 4 is 27.7 Å². The first kappa shape index (κ1) is 26.2. The molecule has 184 valence electrons. The second-order valence-electron chi connectivity index (χ2n) is 9.30. The minimum absolute atomic E-state index is 0.151. The lowest BCUT2D eigenvalue weighted by molar-refractivity contribution is -0.142. The highest BCUT2D eigenvalue weighted by Crippen LogP contribution is 2.29. The lowest BCUT2D eigenvalue weighted by Gasteiger charge is -2.31. The molecule has 0 unspecified atom stereocenters. The second kappa shape index (κ2) is 12.3. The molecule has 5 nitrogen and oxygen atoms in total. The molecule has 0 heterocycles. The predicted molar refractivity (Wildman–Crippen MR) is 135 cm³/mol. The highest BCUT2D eigenvalue weighted by molar-refractivity contribution is 9.10. The lowest BCUT2D eigenvalue weighted by Crippen LogP contribution is -2.51. The quantitative estimate of drug-likeness (QED) is 0.433. The molecule has 1 fully saturated rings. The van der Waals surface area contributed by atoms with E-state index >= 15 is 0 Å². The Morgan fingerprint density at radius 1 is 1.09 bits per heavy atom. The number of halogens is 2. The van der Waals surface area contributed by atoms with E-state index in [0.717, 1.165) is 41.3 Å². The molecular formula is C27H34BrFN2O3. The molecule has 34 heavy (non-hydrogen) atoms. The fraction of sp³-hybridized carbons (Fsp3) is 0.481. The average molecular weight is 533 g/mol. The smallest absolute Gasteiger partial charge is 0.261 e. The third-order valence-electron chi connectivity index (χ3n) is 6.36. The molecule has 3 rings (SSSR count). The minimum atomic E-state index is -0.685. The van der Waals surface area contributed by atoms with Gasteiger partial charge in [0.2, 0.25) is 5.91 Å². The molecule has 0 spiro atoms. The molecule has 1 saturated carbocycles. The first-order valence-corrected chi connectivity index (χ1v) is 12.8. The van der Waals surface area contributed by atoms with Crippen LogP contribution < -0.4 is 10.1 Å². The molecule has 1 N–H and O–H groups in total. The van der Waals surface area contributed by atoms with Gasteiger partial charge in [-0.05, 0) is 77.0 Å². The Morgan fingerprint density at radius 2 is 1.76 bits per heavy atom. The maximum absolute atomic E-state index is 13.4. The van der Waals surface area contributed by atoms with Crippen LogP contribution in [0, 0.1) is 5.82 Å². The topological polar surface area (TPSA) is 58.6 Å². The Hall–Kier alpha value is -2.41. The van der Waals surface area contributed by atoms with Gasteiger partial charge in [-0.2, -0.15) is 0 Å². The minimum Gasteiger partial charge on any atom is -0.483 e. The number of hydrogen-bond donors (Lipinski definition) is 1. The van der Waals surface area contributed by atoms with Crippen molar-refractivity contribution in [2.24, 2.45) is 0 Å². The number of rotatable bonds is 9. The summed E-state index contributed by atoms with van der Waals surface area (Å²) in [7, 11) is 0. The zero-order valence-electron chi connectivity index (χ0n) is 20.2. The molecule has 2 amide bonds. The number of nitrogens with one attached hydrogen (secondary N) is 1. The van der Waals surface area contributed by atoms with Crippen molar-refractivity contribution in [3.63, 3.8) is 0 Å². The van der Waals surface area contributed by atoms with Gasteiger partial charge in [0.15, 0.2) is 6.61 Å². The van der Waals surface area contributed by atoms with E-state index in [1.165, 1.54) is 23.5 Å². The first-order valence-electron chi connectivity index (χ1n) is 12.0. The van der Waals surface area contributed by atoms with E-state index in [4.69, 9.17) is 4.74 Å². The number of amides is 2. The van der Waals surface area contributed by atoms with Gasteiger partial charge in [-0.3, -0.25) is 9.59 Å². The van der Waals surface area contributed by atoms with Gasteiger partial charge < -0.3 is 15.0 Å². The van der Waals surface area contributed by atoms with E-state index in [9.17, 15) is 14.0 Å². The number of nitrogens with zero attached hydrogens (tertiary/aromatic N) is 1. The van der Waals surface area contributed by atoms with Gasteiger partial charge in [0, 0.05) is 12.6 Å². The average Bonchev–Trinajstić information content (AvgIpc) is 2.82. The molecule has 0 aliphatic heterocycles. The van der Waals surface area contributed by atoms with Crippen molar-refractivity contribution in [2.45, 2.75) is 77.4 Å². The third-order valence-corrected chi connectivity index (χ3v) is 6.98. The summed E-state index contributed by atoms with van der Waals surface area (Å²) in [6, 6.07) is 11.2. The molecule has 0 saturated heterocycles. The summed E-state index contributed by atoms with van der Waals surface area (Å²) in [5.41, 5.74) is 1.91. The molecule has 1 aliphatic rings. The maximum atomic E-state index is 13.4. The Balaban J connectivity index is 1.71. The standard InChI is InChI=1S/C27H34BrFN2O3/c1-18(2)21-11-14-25(24(28)15-21)34-17-26(32)31(16-20-9-12-22(29)13-10-20)19(3)27(33)30-23-7-5-4-6-8-23/h9-15,18-19,23H,4-8,16-17H2,1-3H3,(H,30,33)/t19-/m0/s1. The maximum Gasteiger partial charge on any atom is 0.261 e. The van der Waals surface area contributed by atoms with Crippen molar-refractivity contribution < 1.29 is 18.7 Å². The summed E-state index contributed by atoms with van der Waals surface area (Å²) in [6.07, 6.45) is 5.34. The van der Waals surface area contributed by atoms with Gasteiger partial charge in [0.1, 0.15) is 17.6 Å². The van der Waals surface area contributed by atoms with E-state index in [0.29, 0.717) is 11.7 Å². The summed E-state index contributed by atoms with van der Waals surface area (Å²) < 4.78 is 20.0. The van der Waals surface area contributed by atoms with Crippen molar-refractivity contribution in [2.75, 3.05) is 6.61 Å². The van der Waals surface area contributed by atoms with Gasteiger partial charge in [-0.1, -0.05) is 51.3 Å². The van der Waals surface area contributed by atoms with Crippen LogP contribution in [-0.4, -0.2) is 35.4 Å². The van der Waals surface area contributed by atoms with E-state index in [-0.39, 0.29) is 36.8 Å². The summed E-state index contributed by atoms with van der Waals surface area (Å²) in [5.74, 6) is 0.114. The van der Waals surface area contributed by atoms with Crippen LogP contribution in [0.1, 0.15) is 69.9 Å². The Labute approximate surface area is 210 Å². The van der Waals surface area contributed by atoms with Gasteiger partial charge in [0.05, 0.1) is 4.47 Å². The number of carbonyl (C=O) groups is 2. The summed E-state index contributed by atoms with van der Waals surface area (Å²) in [4.78, 5) is 27.8. The molecule has 1 atom stereocenters. The van der Waals surface area contributed by atoms with Crippen LogP contribution in [0.2, 0.25) is 0 Å². The summed E-state index contributed by atoms with van der Waals surface area (Å²) in [5, 5.41) is 3.11. The van der Waals surface area contributed by atoms with Gasteiger partial charge in [0.25, 0.3) is 5.91 Å². The van der Waals surface area contributed by atoms with E-state index in [1.807, 2.05) is 18.2 Å². The van der Waals surface area contributed by atoms with Crippen LogP contribution in [-0.2, 0) is 16.1 Å². The molecular weight excluding hydrogens is 499 g/mol. The lowest BCUT2D eigenvalue weighted by atomic mass is 9.95. The number of ether oxygens (including phenoxy) is 1. The van der Waals surface area contributed by atoms with E-state index in [2.05, 4.69) is 35.1 Å². The van der Waals surface area contributed by atoms with Crippen LogP contribution >= 0.6 is 15.9 Å². The zero-order valence-corrected chi connectivity index (χ0v) is 21.7. The van der Waals surface area contributed by atoms with Gasteiger partial charge in [-0.15, -0.1) is 0 Å². The predicted octanol–water partition coefficient (Wildman–Crippen LogP) is 5.96. The van der Waals surface area contributed by atoms with Crippen LogP contribution in [0.15, 0.2) is 46.9 Å². The fourth-order valence-electron chi connectivity index (χ4n) is 4.15. The zero-order chi connectivity index (χ0) is 24.7. The molecule has 2 aromatic carbocycles. The summed E-state index contributed by atoms with van der Waals surface area (Å²) >= 11 is 3.52. The molecule has 0 radical (unpaired) electrons. The Kier molecular flexibility index (Phi) is 9.51. The highest BCUT2D eigenvalue weighted by Gasteiger charge is 2.28. The molecule has 0 bridgehead atoms. The van der Waals surface area contributed by atoms with Crippen LogP contribution in [0.25, 0.3) is 0 Å². The Bertz CT molecular complexity index is 974. The third kappa shape index (κ3) is 7.29. The van der Waals surface area contributed by atoms with Gasteiger partial charge >= 0.3 is 0 Å². The second-order valence-corrected chi connectivity index (χ2v) is 10.2. The van der Waals surface area contributed by atoms with Crippen LogP contribution in [0.3, 0.4) is 0 Å². The SMILES string of the molecule is CC(C)c1ccc(OCC(=O)N(Cc2ccc(F)cc2)[C@@H](C)C(=O)NC2CCCCC2)c(Br)c1. The highest BCUT2D eigenvalue weighted by atomic mass is 79.9. The van der Waals surface area contributed by atoms with Crippen molar-refractivity contribution in [3.8, 4) is 5.75 Å². The molecule has 2 aromatic rings. The van der Waals surface area contributed by atoms with Gasteiger partial charge in [-0.25, -0.2) is 4.39 Å². The fourth-order valence-corrected chi connectivity index (χ4v) is 4.66. The number of carbonyl (C=O) groups excluding carboxylic acids is 2. The number of benzene rings is 2. The van der Waals surface area contributed by atoms with E-state index < -0.39 is 6.04 Å². The van der Waals surface area contributed by atoms with Crippen molar-refractivity contribution in [1.29, 1.82) is 0 Å². The van der Waals surface area contributed by atoms with E-state index in [1.54, 1.807) is 19.1 Å². The first-order chi connectivity index (χ1) is 16.2. The molecule has 7 heteroatoms. The Morgan fingerprint density at radius 3 is 2.38 bits per heavy atom. The molecule has 0 aromatic heterocycles. The van der Waals surface area contributed by atoms with Crippen molar-refractivity contribution in [3.05, 3.63) is 63.9 Å². The largest absolute Gasteiger partial charge is 0.483 e. The number of hydrogen-bond acceptors (Lipinski definition) is 3. The molecule has 1 aliphatic carbocycles. The normalized spacial score (nSPS) is 15.1. The van der Waals surface area contributed by atoms with Crippen LogP contribution in [0.4, 0.5) is 4.39 Å². The van der Waals surface area contributed by atoms with Crippen LogP contribution in [0.5, 0.6) is 5.75 Å².